The molecular formula is C17H26N2O. The fourth-order valence-electron chi connectivity index (χ4n) is 2.74. The number of hydrogen-bond donors (Lipinski definition) is 2. The summed E-state index contributed by atoms with van der Waals surface area (Å²) in [6.07, 6.45) is 7.39. The molecule has 0 bridgehead atoms. The van der Waals surface area contributed by atoms with Crippen molar-refractivity contribution in [2.24, 2.45) is 0 Å². The van der Waals surface area contributed by atoms with Crippen LogP contribution >= 0.6 is 0 Å². The minimum atomic E-state index is 0.107. The summed E-state index contributed by atoms with van der Waals surface area (Å²) in [5.74, 6) is 0.107. The van der Waals surface area contributed by atoms with Crippen molar-refractivity contribution in [2.45, 2.75) is 58.4 Å². The summed E-state index contributed by atoms with van der Waals surface area (Å²) in [4.78, 5) is 12.0. The molecule has 1 aliphatic carbocycles. The zero-order valence-corrected chi connectivity index (χ0v) is 12.7. The normalized spacial score (nSPS) is 16.5. The molecular weight excluding hydrogens is 248 g/mol. The number of nitrogens with one attached hydrogen (secondary N) is 2. The van der Waals surface area contributed by atoms with Gasteiger partial charge in [0, 0.05) is 11.7 Å². The van der Waals surface area contributed by atoms with Gasteiger partial charge in [0.2, 0.25) is 5.91 Å². The fourth-order valence-corrected chi connectivity index (χ4v) is 2.74. The zero-order valence-electron chi connectivity index (χ0n) is 12.7. The van der Waals surface area contributed by atoms with Crippen molar-refractivity contribution in [2.75, 3.05) is 11.9 Å². The molecule has 2 rings (SSSR count). The Hall–Kier alpha value is -1.51. The lowest BCUT2D eigenvalue weighted by Gasteiger charge is -2.17. The van der Waals surface area contributed by atoms with Crippen LogP contribution in [-0.4, -0.2) is 18.5 Å². The van der Waals surface area contributed by atoms with E-state index in [4.69, 9.17) is 0 Å². The van der Waals surface area contributed by atoms with E-state index < -0.39 is 0 Å². The van der Waals surface area contributed by atoms with Crippen molar-refractivity contribution in [1.29, 1.82) is 0 Å². The third kappa shape index (κ3) is 4.55. The molecule has 1 amide bonds. The maximum absolute atomic E-state index is 12.0. The molecule has 3 heteroatoms. The lowest BCUT2D eigenvalue weighted by molar-refractivity contribution is -0.120. The molecule has 0 aliphatic heterocycles. The highest BCUT2D eigenvalue weighted by Crippen LogP contribution is 2.17. The zero-order chi connectivity index (χ0) is 14.4. The average Bonchev–Trinajstić information content (AvgIpc) is 2.69. The van der Waals surface area contributed by atoms with Crippen molar-refractivity contribution in [3.63, 3.8) is 0 Å². The molecule has 1 aromatic carbocycles. The maximum Gasteiger partial charge on any atom is 0.239 e. The molecule has 0 unspecified atom stereocenters. The molecule has 1 aromatic rings. The Morgan fingerprint density at radius 2 is 1.80 bits per heavy atom. The summed E-state index contributed by atoms with van der Waals surface area (Å²) < 4.78 is 0. The van der Waals surface area contributed by atoms with Gasteiger partial charge in [0.05, 0.1) is 6.54 Å². The summed E-state index contributed by atoms with van der Waals surface area (Å²) >= 11 is 0. The summed E-state index contributed by atoms with van der Waals surface area (Å²) in [6.45, 7) is 4.54. The van der Waals surface area contributed by atoms with Gasteiger partial charge in [-0.25, -0.2) is 0 Å². The van der Waals surface area contributed by atoms with Gasteiger partial charge in [-0.05, 0) is 49.9 Å². The molecule has 110 valence electrons. The second kappa shape index (κ2) is 7.32. The molecule has 0 aromatic heterocycles. The van der Waals surface area contributed by atoms with Crippen LogP contribution < -0.4 is 10.6 Å². The van der Waals surface area contributed by atoms with E-state index in [1.807, 2.05) is 6.07 Å². The third-order valence-corrected chi connectivity index (χ3v) is 4.18. The molecule has 0 radical (unpaired) electrons. The minimum absolute atomic E-state index is 0.107. The van der Waals surface area contributed by atoms with Crippen molar-refractivity contribution < 1.29 is 4.79 Å². The molecule has 0 saturated heterocycles. The molecule has 1 fully saturated rings. The second-order valence-corrected chi connectivity index (χ2v) is 5.91. The van der Waals surface area contributed by atoms with Crippen molar-refractivity contribution in [3.8, 4) is 0 Å². The number of amides is 1. The number of rotatable bonds is 4. The predicted octanol–water partition coefficient (Wildman–Crippen LogP) is 3.55. The van der Waals surface area contributed by atoms with Crippen LogP contribution in [-0.2, 0) is 4.79 Å². The van der Waals surface area contributed by atoms with E-state index in [1.54, 1.807) is 0 Å². The number of aryl methyl sites for hydroxylation is 2. The topological polar surface area (TPSA) is 41.1 Å². The standard InChI is InChI=1S/C17H26N2O/c1-13-9-10-16(11-14(13)2)18-12-17(20)19-15-7-5-3-4-6-8-15/h9-11,15,18H,3-8,12H2,1-2H3,(H,19,20). The Labute approximate surface area is 122 Å². The minimum Gasteiger partial charge on any atom is -0.376 e. The first-order valence-electron chi connectivity index (χ1n) is 7.75. The Kier molecular flexibility index (Phi) is 5.45. The van der Waals surface area contributed by atoms with E-state index >= 15 is 0 Å². The molecule has 0 heterocycles. The Bertz CT molecular complexity index is 448. The van der Waals surface area contributed by atoms with Crippen LogP contribution in [0.4, 0.5) is 5.69 Å². The molecule has 0 atom stereocenters. The summed E-state index contributed by atoms with van der Waals surface area (Å²) in [6, 6.07) is 6.59. The summed E-state index contributed by atoms with van der Waals surface area (Å²) in [7, 11) is 0. The smallest absolute Gasteiger partial charge is 0.239 e. The van der Waals surface area contributed by atoms with Crippen LogP contribution in [0.5, 0.6) is 0 Å². The van der Waals surface area contributed by atoms with Crippen LogP contribution in [0.3, 0.4) is 0 Å². The van der Waals surface area contributed by atoms with Gasteiger partial charge >= 0.3 is 0 Å². The van der Waals surface area contributed by atoms with Crippen LogP contribution in [0.15, 0.2) is 18.2 Å². The Morgan fingerprint density at radius 1 is 1.10 bits per heavy atom. The lowest BCUT2D eigenvalue weighted by atomic mass is 10.1. The van der Waals surface area contributed by atoms with Crippen LogP contribution in [0, 0.1) is 13.8 Å². The Morgan fingerprint density at radius 3 is 2.45 bits per heavy atom. The van der Waals surface area contributed by atoms with E-state index in [1.165, 1.54) is 36.8 Å². The van der Waals surface area contributed by atoms with Gasteiger partial charge in [0.15, 0.2) is 0 Å². The van der Waals surface area contributed by atoms with Crippen LogP contribution in [0.25, 0.3) is 0 Å². The SMILES string of the molecule is Cc1ccc(NCC(=O)NC2CCCCCC2)cc1C. The molecule has 1 saturated carbocycles. The van der Waals surface area contributed by atoms with Gasteiger partial charge in [0.1, 0.15) is 0 Å². The van der Waals surface area contributed by atoms with Gasteiger partial charge in [-0.3, -0.25) is 4.79 Å². The largest absolute Gasteiger partial charge is 0.376 e. The molecule has 2 N–H and O–H groups in total. The number of benzene rings is 1. The van der Waals surface area contributed by atoms with Gasteiger partial charge in [-0.2, -0.15) is 0 Å². The van der Waals surface area contributed by atoms with Crippen molar-refractivity contribution in [1.82, 2.24) is 5.32 Å². The number of carbonyl (C=O) groups is 1. The monoisotopic (exact) mass is 274 g/mol. The first-order chi connectivity index (χ1) is 9.65. The van der Waals surface area contributed by atoms with Crippen molar-refractivity contribution >= 4 is 11.6 Å². The molecule has 20 heavy (non-hydrogen) atoms. The molecule has 0 spiro atoms. The van der Waals surface area contributed by atoms with Crippen molar-refractivity contribution in [3.05, 3.63) is 29.3 Å². The van der Waals surface area contributed by atoms with E-state index in [2.05, 4.69) is 36.6 Å². The highest BCUT2D eigenvalue weighted by atomic mass is 16.1. The first-order valence-corrected chi connectivity index (χ1v) is 7.75. The highest BCUT2D eigenvalue weighted by molar-refractivity contribution is 5.81. The summed E-state index contributed by atoms with van der Waals surface area (Å²) in [5.41, 5.74) is 3.54. The molecule has 3 nitrogen and oxygen atoms in total. The summed E-state index contributed by atoms with van der Waals surface area (Å²) in [5, 5.41) is 6.36. The predicted molar refractivity (Wildman–Crippen MR) is 84.0 cm³/mol. The van der Waals surface area contributed by atoms with E-state index in [9.17, 15) is 4.79 Å². The maximum atomic E-state index is 12.0. The number of carbonyl (C=O) groups excluding carboxylic acids is 1. The van der Waals surface area contributed by atoms with Crippen LogP contribution in [0.2, 0.25) is 0 Å². The lowest BCUT2D eigenvalue weighted by Crippen LogP contribution is -2.38. The van der Waals surface area contributed by atoms with Gasteiger partial charge in [-0.1, -0.05) is 31.7 Å². The van der Waals surface area contributed by atoms with Gasteiger partial charge in [0.25, 0.3) is 0 Å². The molecule has 1 aliphatic rings. The number of hydrogen-bond acceptors (Lipinski definition) is 2. The third-order valence-electron chi connectivity index (χ3n) is 4.18. The fraction of sp³-hybridized carbons (Fsp3) is 0.588. The van der Waals surface area contributed by atoms with E-state index in [-0.39, 0.29) is 5.91 Å². The number of anilines is 1. The van der Waals surface area contributed by atoms with E-state index in [0.29, 0.717) is 12.6 Å². The Balaban J connectivity index is 1.77. The highest BCUT2D eigenvalue weighted by Gasteiger charge is 2.14. The van der Waals surface area contributed by atoms with E-state index in [0.717, 1.165) is 18.5 Å². The average molecular weight is 274 g/mol. The second-order valence-electron chi connectivity index (χ2n) is 5.91. The van der Waals surface area contributed by atoms with Gasteiger partial charge in [-0.15, -0.1) is 0 Å². The van der Waals surface area contributed by atoms with Crippen LogP contribution in [0.1, 0.15) is 49.7 Å². The first kappa shape index (κ1) is 14.9. The quantitative estimate of drug-likeness (QED) is 0.824. The van der Waals surface area contributed by atoms with Gasteiger partial charge < -0.3 is 10.6 Å².